The third-order valence-electron chi connectivity index (χ3n) is 1.81. The van der Waals surface area contributed by atoms with Crippen molar-refractivity contribution < 1.29 is 19.5 Å². The standard InChI is InChI=1S/C11H14N2O4/c1-2-6-17-13-9-5-3-4-8(7-9)12-10(14)11(15)16/h3-5,7,13H,2,6H2,1H3,(H,12,14)(H,15,16). The van der Waals surface area contributed by atoms with Gasteiger partial charge in [0.2, 0.25) is 0 Å². The van der Waals surface area contributed by atoms with Gasteiger partial charge in [-0.15, -0.1) is 0 Å². The van der Waals surface area contributed by atoms with Crippen LogP contribution in [0.5, 0.6) is 0 Å². The van der Waals surface area contributed by atoms with Gasteiger partial charge in [0.1, 0.15) is 0 Å². The van der Waals surface area contributed by atoms with Crippen molar-refractivity contribution in [3.63, 3.8) is 0 Å². The van der Waals surface area contributed by atoms with E-state index in [1.54, 1.807) is 24.3 Å². The molecule has 0 atom stereocenters. The van der Waals surface area contributed by atoms with Crippen LogP contribution in [0.3, 0.4) is 0 Å². The van der Waals surface area contributed by atoms with Crippen LogP contribution in [0.25, 0.3) is 0 Å². The van der Waals surface area contributed by atoms with Crippen LogP contribution >= 0.6 is 0 Å². The second-order valence-electron chi connectivity index (χ2n) is 3.29. The monoisotopic (exact) mass is 238 g/mol. The van der Waals surface area contributed by atoms with Gasteiger partial charge in [0.05, 0.1) is 12.3 Å². The zero-order valence-electron chi connectivity index (χ0n) is 9.40. The van der Waals surface area contributed by atoms with Gasteiger partial charge in [-0.3, -0.25) is 15.1 Å². The van der Waals surface area contributed by atoms with Crippen LogP contribution in [0.1, 0.15) is 13.3 Å². The minimum Gasteiger partial charge on any atom is -0.474 e. The van der Waals surface area contributed by atoms with Crippen molar-refractivity contribution in [2.45, 2.75) is 13.3 Å². The van der Waals surface area contributed by atoms with E-state index in [9.17, 15) is 9.59 Å². The highest BCUT2D eigenvalue weighted by atomic mass is 16.6. The Bertz CT molecular complexity index is 406. The second-order valence-corrected chi connectivity index (χ2v) is 3.29. The van der Waals surface area contributed by atoms with Gasteiger partial charge >= 0.3 is 11.9 Å². The molecule has 17 heavy (non-hydrogen) atoms. The van der Waals surface area contributed by atoms with E-state index in [0.717, 1.165) is 6.42 Å². The lowest BCUT2D eigenvalue weighted by atomic mass is 10.3. The van der Waals surface area contributed by atoms with E-state index in [2.05, 4.69) is 10.8 Å². The van der Waals surface area contributed by atoms with Crippen LogP contribution in [0.2, 0.25) is 0 Å². The molecule has 0 radical (unpaired) electrons. The first-order valence-corrected chi connectivity index (χ1v) is 5.15. The van der Waals surface area contributed by atoms with Gasteiger partial charge in [-0.1, -0.05) is 13.0 Å². The molecule has 92 valence electrons. The van der Waals surface area contributed by atoms with E-state index in [4.69, 9.17) is 9.94 Å². The smallest absolute Gasteiger partial charge is 0.394 e. The fourth-order valence-electron chi connectivity index (χ4n) is 1.08. The lowest BCUT2D eigenvalue weighted by Gasteiger charge is -2.08. The van der Waals surface area contributed by atoms with Crippen molar-refractivity contribution >= 4 is 23.3 Å². The molecule has 3 N–H and O–H groups in total. The summed E-state index contributed by atoms with van der Waals surface area (Å²) in [4.78, 5) is 26.4. The predicted molar refractivity (Wildman–Crippen MR) is 62.6 cm³/mol. The van der Waals surface area contributed by atoms with E-state index < -0.39 is 11.9 Å². The third kappa shape index (κ3) is 4.52. The first kappa shape index (κ1) is 13.0. The van der Waals surface area contributed by atoms with E-state index >= 15 is 0 Å². The van der Waals surface area contributed by atoms with E-state index in [1.807, 2.05) is 6.92 Å². The first-order chi connectivity index (χ1) is 8.13. The molecule has 6 heteroatoms. The third-order valence-corrected chi connectivity index (χ3v) is 1.81. The zero-order valence-corrected chi connectivity index (χ0v) is 9.40. The molecule has 0 saturated heterocycles. The normalized spacial score (nSPS) is 9.71. The maximum atomic E-state index is 10.9. The molecule has 0 heterocycles. The van der Waals surface area contributed by atoms with Crippen LogP contribution in [-0.4, -0.2) is 23.6 Å². The number of aliphatic carboxylic acids is 1. The summed E-state index contributed by atoms with van der Waals surface area (Å²) >= 11 is 0. The van der Waals surface area contributed by atoms with Crippen LogP contribution in [0.4, 0.5) is 11.4 Å². The fourth-order valence-corrected chi connectivity index (χ4v) is 1.08. The van der Waals surface area contributed by atoms with Gasteiger partial charge in [-0.25, -0.2) is 4.79 Å². The molecule has 0 aliphatic carbocycles. The molecule has 1 amide bonds. The minimum absolute atomic E-state index is 0.391. The maximum Gasteiger partial charge on any atom is 0.394 e. The van der Waals surface area contributed by atoms with Crippen molar-refractivity contribution in [3.05, 3.63) is 24.3 Å². The Labute approximate surface area is 98.5 Å². The maximum absolute atomic E-state index is 10.9. The predicted octanol–water partition coefficient (Wildman–Crippen LogP) is 1.46. The summed E-state index contributed by atoms with van der Waals surface area (Å²) in [6, 6.07) is 6.59. The first-order valence-electron chi connectivity index (χ1n) is 5.15. The topological polar surface area (TPSA) is 87.7 Å². The number of amides is 1. The number of carboxylic acids is 1. The molecular formula is C11H14N2O4. The Balaban J connectivity index is 2.59. The van der Waals surface area contributed by atoms with Crippen LogP contribution in [-0.2, 0) is 14.4 Å². The highest BCUT2D eigenvalue weighted by molar-refractivity contribution is 6.36. The number of benzene rings is 1. The molecule has 0 spiro atoms. The average Bonchev–Trinajstić information content (AvgIpc) is 2.30. The number of hydrogen-bond acceptors (Lipinski definition) is 4. The van der Waals surface area contributed by atoms with Crippen LogP contribution in [0.15, 0.2) is 24.3 Å². The van der Waals surface area contributed by atoms with Crippen molar-refractivity contribution in [2.75, 3.05) is 17.4 Å². The summed E-state index contributed by atoms with van der Waals surface area (Å²) in [5, 5.41) is 10.7. The number of carboxylic acid groups (broad SMARTS) is 1. The Morgan fingerprint density at radius 1 is 1.35 bits per heavy atom. The van der Waals surface area contributed by atoms with Crippen molar-refractivity contribution in [2.24, 2.45) is 0 Å². The summed E-state index contributed by atoms with van der Waals surface area (Å²) in [7, 11) is 0. The van der Waals surface area contributed by atoms with Crippen molar-refractivity contribution in [3.8, 4) is 0 Å². The molecule has 1 aromatic rings. The number of rotatable bonds is 5. The lowest BCUT2D eigenvalue weighted by Crippen LogP contribution is -2.21. The average molecular weight is 238 g/mol. The highest BCUT2D eigenvalue weighted by Gasteiger charge is 2.10. The van der Waals surface area contributed by atoms with Gasteiger partial charge in [-0.05, 0) is 24.6 Å². The van der Waals surface area contributed by atoms with E-state index in [0.29, 0.717) is 18.0 Å². The molecule has 0 aliphatic rings. The van der Waals surface area contributed by atoms with E-state index in [1.165, 1.54) is 0 Å². The largest absolute Gasteiger partial charge is 0.474 e. The molecule has 0 fully saturated rings. The Hall–Kier alpha value is -2.08. The van der Waals surface area contributed by atoms with Gasteiger partial charge in [0.15, 0.2) is 0 Å². The summed E-state index contributed by atoms with van der Waals surface area (Å²) in [6.45, 7) is 2.54. The Morgan fingerprint density at radius 3 is 2.71 bits per heavy atom. The highest BCUT2D eigenvalue weighted by Crippen LogP contribution is 2.14. The molecule has 6 nitrogen and oxygen atoms in total. The molecule has 0 unspecified atom stereocenters. The van der Waals surface area contributed by atoms with Crippen molar-refractivity contribution in [1.29, 1.82) is 0 Å². The molecular weight excluding hydrogens is 224 g/mol. The number of carbonyl (C=O) groups excluding carboxylic acids is 1. The number of carbonyl (C=O) groups is 2. The van der Waals surface area contributed by atoms with Crippen molar-refractivity contribution in [1.82, 2.24) is 0 Å². The molecule has 0 saturated carbocycles. The second kappa shape index (κ2) is 6.49. The summed E-state index contributed by atoms with van der Waals surface area (Å²) in [6.07, 6.45) is 0.877. The summed E-state index contributed by atoms with van der Waals surface area (Å²) in [5.74, 6) is -2.60. The molecule has 0 aromatic heterocycles. The lowest BCUT2D eigenvalue weighted by molar-refractivity contribution is -0.147. The molecule has 0 aliphatic heterocycles. The minimum atomic E-state index is -1.52. The van der Waals surface area contributed by atoms with Gasteiger partial charge in [-0.2, -0.15) is 0 Å². The van der Waals surface area contributed by atoms with Crippen LogP contribution < -0.4 is 10.8 Å². The fraction of sp³-hybridized carbons (Fsp3) is 0.273. The van der Waals surface area contributed by atoms with Gasteiger partial charge in [0, 0.05) is 5.69 Å². The van der Waals surface area contributed by atoms with Crippen LogP contribution in [0, 0.1) is 0 Å². The molecule has 0 bridgehead atoms. The number of anilines is 2. The van der Waals surface area contributed by atoms with Gasteiger partial charge < -0.3 is 10.4 Å². The number of nitrogens with one attached hydrogen (secondary N) is 2. The summed E-state index contributed by atoms with van der Waals surface area (Å²) in [5.41, 5.74) is 3.72. The summed E-state index contributed by atoms with van der Waals surface area (Å²) < 4.78 is 0. The molecule has 1 aromatic carbocycles. The SMILES string of the molecule is CCCONc1cccc(NC(=O)C(=O)O)c1. The number of hydrogen-bond donors (Lipinski definition) is 3. The zero-order chi connectivity index (χ0) is 12.7. The Morgan fingerprint density at radius 2 is 2.06 bits per heavy atom. The molecule has 1 rings (SSSR count). The van der Waals surface area contributed by atoms with Gasteiger partial charge in [0.25, 0.3) is 0 Å². The Kier molecular flexibility index (Phi) is 4.96. The quantitative estimate of drug-likeness (QED) is 0.410. The van der Waals surface area contributed by atoms with E-state index in [-0.39, 0.29) is 0 Å².